The fourth-order valence-corrected chi connectivity index (χ4v) is 4.32. The molecule has 0 spiro atoms. The summed E-state index contributed by atoms with van der Waals surface area (Å²) < 4.78 is 5.99. The number of hydrogen-bond donors (Lipinski definition) is 2. The Labute approximate surface area is 166 Å². The van der Waals surface area contributed by atoms with Gasteiger partial charge in [-0.05, 0) is 49.2 Å². The van der Waals surface area contributed by atoms with Crippen molar-refractivity contribution in [1.82, 2.24) is 20.2 Å². The Bertz CT molecular complexity index is 1520. The fourth-order valence-electron chi connectivity index (χ4n) is 4.32. The van der Waals surface area contributed by atoms with Gasteiger partial charge >= 0.3 is 0 Å². The summed E-state index contributed by atoms with van der Waals surface area (Å²) in [7, 11) is 0. The minimum Gasteiger partial charge on any atom is -0.415 e. The molecule has 6 rings (SSSR count). The molecule has 3 heterocycles. The lowest BCUT2D eigenvalue weighted by molar-refractivity contribution is 0.582. The SMILES string of the molecule is Cc1c(-c2nnc(-c3ccccc3)o2)[nH]c2cc3c([nH]c4ccccc43)c(C)c12. The summed E-state index contributed by atoms with van der Waals surface area (Å²) in [5, 5.41) is 12.2. The van der Waals surface area contributed by atoms with Gasteiger partial charge in [-0.15, -0.1) is 10.2 Å². The summed E-state index contributed by atoms with van der Waals surface area (Å²) in [6.45, 7) is 4.26. The lowest BCUT2D eigenvalue weighted by atomic mass is 10.0. The highest BCUT2D eigenvalue weighted by molar-refractivity contribution is 6.14. The van der Waals surface area contributed by atoms with Crippen molar-refractivity contribution in [2.75, 3.05) is 0 Å². The number of rotatable bonds is 2. The van der Waals surface area contributed by atoms with Gasteiger partial charge in [0.2, 0.25) is 5.89 Å². The maximum absolute atomic E-state index is 5.99. The maximum Gasteiger partial charge on any atom is 0.264 e. The summed E-state index contributed by atoms with van der Waals surface area (Å²) in [6.07, 6.45) is 0. The predicted molar refractivity (Wildman–Crippen MR) is 116 cm³/mol. The molecule has 0 amide bonds. The molecule has 0 aliphatic carbocycles. The zero-order valence-corrected chi connectivity index (χ0v) is 16.1. The van der Waals surface area contributed by atoms with Gasteiger partial charge in [-0.1, -0.05) is 36.4 Å². The first-order valence-corrected chi connectivity index (χ1v) is 9.62. The van der Waals surface area contributed by atoms with Crippen molar-refractivity contribution in [3.05, 3.63) is 71.8 Å². The number of para-hydroxylation sites is 1. The van der Waals surface area contributed by atoms with Crippen LogP contribution in [0.4, 0.5) is 0 Å². The second-order valence-electron chi connectivity index (χ2n) is 7.42. The van der Waals surface area contributed by atoms with E-state index in [9.17, 15) is 0 Å². The van der Waals surface area contributed by atoms with Gasteiger partial charge in [-0.3, -0.25) is 0 Å². The van der Waals surface area contributed by atoms with Crippen LogP contribution in [-0.2, 0) is 0 Å². The second kappa shape index (κ2) is 5.82. The number of benzene rings is 3. The third-order valence-corrected chi connectivity index (χ3v) is 5.72. The molecule has 0 bridgehead atoms. The third kappa shape index (κ3) is 2.27. The van der Waals surface area contributed by atoms with E-state index in [0.29, 0.717) is 11.8 Å². The fraction of sp³-hybridized carbons (Fsp3) is 0.0833. The zero-order chi connectivity index (χ0) is 19.5. The summed E-state index contributed by atoms with van der Waals surface area (Å²) in [6, 6.07) is 20.4. The second-order valence-corrected chi connectivity index (χ2v) is 7.42. The first-order chi connectivity index (χ1) is 14.2. The normalized spacial score (nSPS) is 11.8. The molecule has 29 heavy (non-hydrogen) atoms. The zero-order valence-electron chi connectivity index (χ0n) is 16.1. The molecule has 0 unspecified atom stereocenters. The molecule has 140 valence electrons. The van der Waals surface area contributed by atoms with Crippen LogP contribution < -0.4 is 0 Å². The predicted octanol–water partition coefficient (Wildman–Crippen LogP) is 6.14. The van der Waals surface area contributed by atoms with E-state index < -0.39 is 0 Å². The molecule has 0 saturated carbocycles. The standard InChI is InChI=1S/C24H18N4O/c1-13-20-14(2)22(24-28-27-23(29-24)15-8-4-3-5-9-15)26-19(20)12-17-16-10-6-7-11-18(16)25-21(13)17/h3-12,25-26H,1-2H3. The molecule has 0 fully saturated rings. The van der Waals surface area contributed by atoms with E-state index >= 15 is 0 Å². The van der Waals surface area contributed by atoms with E-state index in [0.717, 1.165) is 27.9 Å². The van der Waals surface area contributed by atoms with Crippen LogP contribution in [-0.4, -0.2) is 20.2 Å². The lowest BCUT2D eigenvalue weighted by Gasteiger charge is -2.01. The Morgan fingerprint density at radius 1 is 0.724 bits per heavy atom. The summed E-state index contributed by atoms with van der Waals surface area (Å²) in [5.74, 6) is 1.03. The van der Waals surface area contributed by atoms with Crippen LogP contribution in [0.25, 0.3) is 55.7 Å². The van der Waals surface area contributed by atoms with Crippen molar-refractivity contribution in [3.8, 4) is 23.0 Å². The van der Waals surface area contributed by atoms with Crippen LogP contribution in [0, 0.1) is 13.8 Å². The first-order valence-electron chi connectivity index (χ1n) is 9.62. The highest BCUT2D eigenvalue weighted by Gasteiger charge is 2.19. The van der Waals surface area contributed by atoms with Crippen LogP contribution >= 0.6 is 0 Å². The minimum absolute atomic E-state index is 0.505. The largest absolute Gasteiger partial charge is 0.415 e. The van der Waals surface area contributed by atoms with Crippen molar-refractivity contribution in [3.63, 3.8) is 0 Å². The van der Waals surface area contributed by atoms with E-state index in [2.05, 4.69) is 64.3 Å². The van der Waals surface area contributed by atoms with Crippen LogP contribution in [0.3, 0.4) is 0 Å². The molecule has 5 nitrogen and oxygen atoms in total. The molecule has 0 atom stereocenters. The molecule has 2 N–H and O–H groups in total. The van der Waals surface area contributed by atoms with E-state index in [4.69, 9.17) is 4.42 Å². The molecule has 3 aromatic heterocycles. The van der Waals surface area contributed by atoms with Crippen LogP contribution in [0.5, 0.6) is 0 Å². The molecule has 3 aromatic carbocycles. The van der Waals surface area contributed by atoms with Crippen LogP contribution in [0.2, 0.25) is 0 Å². The number of aromatic nitrogens is 4. The Hall–Kier alpha value is -3.86. The molecule has 6 aromatic rings. The summed E-state index contributed by atoms with van der Waals surface area (Å²) in [5.41, 5.74) is 7.51. The van der Waals surface area contributed by atoms with Crippen molar-refractivity contribution in [1.29, 1.82) is 0 Å². The van der Waals surface area contributed by atoms with Crippen molar-refractivity contribution in [2.45, 2.75) is 13.8 Å². The average Bonchev–Trinajstić information content (AvgIpc) is 3.45. The van der Waals surface area contributed by atoms with Gasteiger partial charge in [0.25, 0.3) is 5.89 Å². The first kappa shape index (κ1) is 16.1. The quantitative estimate of drug-likeness (QED) is 0.380. The minimum atomic E-state index is 0.505. The van der Waals surface area contributed by atoms with E-state index in [1.54, 1.807) is 0 Å². The average molecular weight is 378 g/mol. The third-order valence-electron chi connectivity index (χ3n) is 5.72. The van der Waals surface area contributed by atoms with Crippen LogP contribution in [0.1, 0.15) is 11.1 Å². The molecule has 0 aliphatic rings. The van der Waals surface area contributed by atoms with Gasteiger partial charge in [-0.2, -0.15) is 0 Å². The smallest absolute Gasteiger partial charge is 0.264 e. The number of nitrogens with zero attached hydrogens (tertiary/aromatic N) is 2. The molecular formula is C24H18N4O. The molecule has 0 aliphatic heterocycles. The number of H-pyrrole nitrogens is 2. The summed E-state index contributed by atoms with van der Waals surface area (Å²) in [4.78, 5) is 7.10. The highest BCUT2D eigenvalue weighted by atomic mass is 16.4. The van der Waals surface area contributed by atoms with Gasteiger partial charge in [0.1, 0.15) is 5.69 Å². The number of aromatic amines is 2. The number of hydrogen-bond acceptors (Lipinski definition) is 3. The van der Waals surface area contributed by atoms with Gasteiger partial charge in [0.15, 0.2) is 0 Å². The maximum atomic E-state index is 5.99. The Morgan fingerprint density at radius 3 is 2.34 bits per heavy atom. The van der Waals surface area contributed by atoms with Crippen LogP contribution in [0.15, 0.2) is 65.1 Å². The highest BCUT2D eigenvalue weighted by Crippen LogP contribution is 2.37. The molecular weight excluding hydrogens is 360 g/mol. The van der Waals surface area contributed by atoms with Crippen molar-refractivity contribution >= 4 is 32.7 Å². The topological polar surface area (TPSA) is 70.5 Å². The Kier molecular flexibility index (Phi) is 3.23. The number of nitrogens with one attached hydrogen (secondary N) is 2. The number of fused-ring (bicyclic) bond motifs is 4. The molecule has 5 heteroatoms. The Morgan fingerprint density at radius 2 is 1.48 bits per heavy atom. The van der Waals surface area contributed by atoms with E-state index in [1.165, 1.54) is 27.2 Å². The monoisotopic (exact) mass is 378 g/mol. The summed E-state index contributed by atoms with van der Waals surface area (Å²) >= 11 is 0. The molecule has 0 saturated heterocycles. The van der Waals surface area contributed by atoms with E-state index in [1.807, 2.05) is 30.3 Å². The van der Waals surface area contributed by atoms with E-state index in [-0.39, 0.29) is 0 Å². The van der Waals surface area contributed by atoms with Gasteiger partial charge in [0, 0.05) is 32.8 Å². The lowest BCUT2D eigenvalue weighted by Crippen LogP contribution is -1.82. The van der Waals surface area contributed by atoms with Crippen molar-refractivity contribution in [2.24, 2.45) is 0 Å². The van der Waals surface area contributed by atoms with Gasteiger partial charge in [0.05, 0.1) is 5.52 Å². The van der Waals surface area contributed by atoms with Gasteiger partial charge < -0.3 is 14.4 Å². The Balaban J connectivity index is 1.57. The number of aryl methyl sites for hydroxylation is 2. The van der Waals surface area contributed by atoms with Gasteiger partial charge in [-0.25, -0.2) is 0 Å². The molecule has 0 radical (unpaired) electrons. The van der Waals surface area contributed by atoms with Crippen molar-refractivity contribution < 1.29 is 4.42 Å².